The summed E-state index contributed by atoms with van der Waals surface area (Å²) >= 11 is 1.75. The van der Waals surface area contributed by atoms with Crippen LogP contribution in [0.25, 0.3) is 0 Å². The van der Waals surface area contributed by atoms with Crippen molar-refractivity contribution in [2.24, 2.45) is 0 Å². The lowest BCUT2D eigenvalue weighted by atomic mass is 9.84. The number of likely N-dealkylation sites (tertiary alicyclic amines) is 1. The fourth-order valence-corrected chi connectivity index (χ4v) is 4.23. The van der Waals surface area contributed by atoms with E-state index in [1.807, 2.05) is 0 Å². The number of carbonyl (C=O) groups is 1. The Balaban J connectivity index is 1.87. The zero-order valence-electron chi connectivity index (χ0n) is 10.4. The molecule has 3 heterocycles. The molecule has 1 fully saturated rings. The summed E-state index contributed by atoms with van der Waals surface area (Å²) in [6, 6.07) is 2.18. The summed E-state index contributed by atoms with van der Waals surface area (Å²) in [5.41, 5.74) is 1.16. The largest absolute Gasteiger partial charge is 0.465 e. The molecule has 2 aliphatic heterocycles. The van der Waals surface area contributed by atoms with Gasteiger partial charge in [0.1, 0.15) is 5.60 Å². The Morgan fingerprint density at radius 1 is 1.56 bits per heavy atom. The van der Waals surface area contributed by atoms with E-state index in [9.17, 15) is 4.79 Å². The molecule has 0 unspecified atom stereocenters. The molecule has 1 saturated heterocycles. The molecule has 0 aromatic carbocycles. The number of ether oxygens (including phenoxy) is 1. The van der Waals surface area contributed by atoms with Crippen LogP contribution >= 0.6 is 11.3 Å². The molecular formula is C13H17NO3S. The van der Waals surface area contributed by atoms with Gasteiger partial charge in [0, 0.05) is 18.0 Å². The topological polar surface area (TPSA) is 49.8 Å². The van der Waals surface area contributed by atoms with E-state index in [1.54, 1.807) is 11.3 Å². The van der Waals surface area contributed by atoms with Crippen LogP contribution in [0, 0.1) is 0 Å². The highest BCUT2D eigenvalue weighted by molar-refractivity contribution is 7.10. The predicted octanol–water partition coefficient (Wildman–Crippen LogP) is 2.68. The fraction of sp³-hybridized carbons (Fsp3) is 0.615. The number of hydrogen-bond donors (Lipinski definition) is 1. The lowest BCUT2D eigenvalue weighted by molar-refractivity contribution is -0.128. The molecule has 1 aromatic heterocycles. The second-order valence-electron chi connectivity index (χ2n) is 5.17. The number of fused-ring (bicyclic) bond motifs is 2. The first-order chi connectivity index (χ1) is 8.61. The maximum atomic E-state index is 11.0. The highest BCUT2D eigenvalue weighted by atomic mass is 32.1. The summed E-state index contributed by atoms with van der Waals surface area (Å²) in [6.07, 6.45) is 1.93. The quantitative estimate of drug-likeness (QED) is 0.786. The minimum absolute atomic E-state index is 0.225. The zero-order chi connectivity index (χ0) is 12.8. The van der Waals surface area contributed by atoms with E-state index in [4.69, 9.17) is 9.84 Å². The molecule has 2 aliphatic rings. The maximum Gasteiger partial charge on any atom is 0.407 e. The van der Waals surface area contributed by atoms with Crippen molar-refractivity contribution in [1.29, 1.82) is 0 Å². The maximum absolute atomic E-state index is 11.0. The first-order valence-electron chi connectivity index (χ1n) is 6.33. The zero-order valence-corrected chi connectivity index (χ0v) is 11.2. The van der Waals surface area contributed by atoms with Gasteiger partial charge in [0.15, 0.2) is 0 Å². The Morgan fingerprint density at radius 2 is 2.28 bits per heavy atom. The number of amides is 1. The highest BCUT2D eigenvalue weighted by Gasteiger charge is 2.44. The number of rotatable bonds is 0. The van der Waals surface area contributed by atoms with Crippen LogP contribution in [0.5, 0.6) is 0 Å². The molecule has 0 radical (unpaired) electrons. The molecule has 0 bridgehead atoms. The van der Waals surface area contributed by atoms with Gasteiger partial charge >= 0.3 is 6.09 Å². The van der Waals surface area contributed by atoms with Crippen LogP contribution in [-0.2, 0) is 16.8 Å². The molecule has 5 heteroatoms. The minimum atomic E-state index is -0.819. The Labute approximate surface area is 110 Å². The number of nitrogens with zero attached hydrogens (tertiary/aromatic N) is 1. The molecule has 1 atom stereocenters. The Hall–Kier alpha value is -1.07. The van der Waals surface area contributed by atoms with Crippen LogP contribution in [0.4, 0.5) is 4.79 Å². The van der Waals surface area contributed by atoms with Crippen LogP contribution in [-0.4, -0.2) is 35.3 Å². The molecule has 4 nitrogen and oxygen atoms in total. The summed E-state index contributed by atoms with van der Waals surface area (Å²) in [7, 11) is 0. The first-order valence-corrected chi connectivity index (χ1v) is 7.21. The molecule has 1 N–H and O–H groups in total. The third-order valence-corrected chi connectivity index (χ3v) is 5.08. The number of carboxylic acid groups (broad SMARTS) is 1. The summed E-state index contributed by atoms with van der Waals surface area (Å²) in [5, 5.41) is 11.1. The van der Waals surface area contributed by atoms with Crippen molar-refractivity contribution >= 4 is 17.4 Å². The van der Waals surface area contributed by atoms with Crippen LogP contribution in [0.2, 0.25) is 0 Å². The van der Waals surface area contributed by atoms with Gasteiger partial charge in [-0.25, -0.2) is 4.79 Å². The van der Waals surface area contributed by atoms with Gasteiger partial charge in [-0.2, -0.15) is 0 Å². The SMILES string of the molecule is C[C@@H]1Cc2ccsc2C2(CCN(C(=O)O)CC2)O1. The van der Waals surface area contributed by atoms with Crippen LogP contribution in [0.1, 0.15) is 30.2 Å². The van der Waals surface area contributed by atoms with Gasteiger partial charge in [0.25, 0.3) is 0 Å². The van der Waals surface area contributed by atoms with Gasteiger partial charge in [0.2, 0.25) is 0 Å². The predicted molar refractivity (Wildman–Crippen MR) is 69.1 cm³/mol. The second kappa shape index (κ2) is 4.24. The van der Waals surface area contributed by atoms with E-state index < -0.39 is 6.09 Å². The minimum Gasteiger partial charge on any atom is -0.465 e. The monoisotopic (exact) mass is 267 g/mol. The molecule has 0 aliphatic carbocycles. The van der Waals surface area contributed by atoms with Gasteiger partial charge in [-0.1, -0.05) is 0 Å². The first kappa shape index (κ1) is 12.0. The molecule has 18 heavy (non-hydrogen) atoms. The van der Waals surface area contributed by atoms with E-state index in [1.165, 1.54) is 15.3 Å². The van der Waals surface area contributed by atoms with Gasteiger partial charge in [0.05, 0.1) is 6.10 Å². The van der Waals surface area contributed by atoms with Gasteiger partial charge < -0.3 is 14.7 Å². The number of thiophene rings is 1. The summed E-state index contributed by atoms with van der Waals surface area (Å²) in [4.78, 5) is 13.8. The van der Waals surface area contributed by atoms with Gasteiger partial charge in [-0.15, -0.1) is 11.3 Å². The van der Waals surface area contributed by atoms with Crippen molar-refractivity contribution < 1.29 is 14.6 Å². The van der Waals surface area contributed by atoms with E-state index in [0.29, 0.717) is 13.1 Å². The van der Waals surface area contributed by atoms with E-state index in [0.717, 1.165) is 19.3 Å². The van der Waals surface area contributed by atoms with Crippen molar-refractivity contribution in [2.45, 2.75) is 37.9 Å². The molecule has 0 saturated carbocycles. The van der Waals surface area contributed by atoms with Crippen molar-refractivity contribution in [1.82, 2.24) is 4.90 Å². The van der Waals surface area contributed by atoms with Crippen molar-refractivity contribution in [3.63, 3.8) is 0 Å². The van der Waals surface area contributed by atoms with Gasteiger partial charge in [-0.3, -0.25) is 0 Å². The Morgan fingerprint density at radius 3 is 2.94 bits per heavy atom. The third kappa shape index (κ3) is 1.82. The Bertz CT molecular complexity index is 463. The summed E-state index contributed by atoms with van der Waals surface area (Å²) in [6.45, 7) is 3.24. The van der Waals surface area contributed by atoms with E-state index >= 15 is 0 Å². The lowest BCUT2D eigenvalue weighted by Gasteiger charge is -2.45. The van der Waals surface area contributed by atoms with Gasteiger partial charge in [-0.05, 0) is 43.2 Å². The van der Waals surface area contributed by atoms with Crippen molar-refractivity contribution in [2.75, 3.05) is 13.1 Å². The lowest BCUT2D eigenvalue weighted by Crippen LogP contribution is -2.49. The summed E-state index contributed by atoms with van der Waals surface area (Å²) in [5.74, 6) is 0. The summed E-state index contributed by atoms with van der Waals surface area (Å²) < 4.78 is 6.22. The van der Waals surface area contributed by atoms with Crippen LogP contribution < -0.4 is 0 Å². The molecule has 3 rings (SSSR count). The third-order valence-electron chi connectivity index (χ3n) is 3.94. The molecule has 1 amide bonds. The number of hydrogen-bond acceptors (Lipinski definition) is 3. The smallest absolute Gasteiger partial charge is 0.407 e. The molecule has 1 aromatic rings. The van der Waals surface area contributed by atoms with Crippen molar-refractivity contribution in [3.05, 3.63) is 21.9 Å². The van der Waals surface area contributed by atoms with Crippen LogP contribution in [0.3, 0.4) is 0 Å². The van der Waals surface area contributed by atoms with Crippen molar-refractivity contribution in [3.8, 4) is 0 Å². The van der Waals surface area contributed by atoms with E-state index in [2.05, 4.69) is 18.4 Å². The van der Waals surface area contributed by atoms with E-state index in [-0.39, 0.29) is 11.7 Å². The standard InChI is InChI=1S/C13H17NO3S/c1-9-8-10-2-7-18-11(10)13(17-9)3-5-14(6-4-13)12(15)16/h2,7,9H,3-6,8H2,1H3,(H,15,16)/t9-/m1/s1. The highest BCUT2D eigenvalue weighted by Crippen LogP contribution is 2.45. The molecule has 98 valence electrons. The molecular weight excluding hydrogens is 250 g/mol. The fourth-order valence-electron chi connectivity index (χ4n) is 3.09. The normalized spacial score (nSPS) is 26.1. The molecule has 1 spiro atoms. The average molecular weight is 267 g/mol. The number of piperidine rings is 1. The second-order valence-corrected chi connectivity index (χ2v) is 6.09. The average Bonchev–Trinajstić information content (AvgIpc) is 2.78. The Kier molecular flexibility index (Phi) is 2.83. The van der Waals surface area contributed by atoms with Crippen LogP contribution in [0.15, 0.2) is 11.4 Å².